The molecule has 0 aliphatic rings. The van der Waals surface area contributed by atoms with Crippen molar-refractivity contribution in [2.45, 2.75) is 83.1 Å². The Labute approximate surface area is 445 Å². The second-order valence-corrected chi connectivity index (χ2v) is 16.1. The van der Waals surface area contributed by atoms with Crippen LogP contribution in [-0.2, 0) is 21.1 Å². The van der Waals surface area contributed by atoms with Crippen LogP contribution in [0.25, 0.3) is 29.1 Å². The summed E-state index contributed by atoms with van der Waals surface area (Å²) in [6.07, 6.45) is 0. The molecule has 6 aromatic rings. The van der Waals surface area contributed by atoms with Crippen molar-refractivity contribution in [3.63, 3.8) is 0 Å². The van der Waals surface area contributed by atoms with E-state index < -0.39 is 0 Å². The third-order valence-corrected chi connectivity index (χ3v) is 10.4. The van der Waals surface area contributed by atoms with Crippen LogP contribution in [-0.4, -0.2) is 0 Å². The topological polar surface area (TPSA) is 169 Å². The Morgan fingerprint density at radius 1 is 0.233 bits per heavy atom. The van der Waals surface area contributed by atoms with Crippen LogP contribution in [0.5, 0.6) is 0 Å². The Morgan fingerprint density at radius 2 is 0.315 bits per heavy atom. The smallest absolute Gasteiger partial charge is 0.193 e. The first kappa shape index (κ1) is 62.9. The molecule has 0 N–H and O–H groups in total. The van der Waals surface area contributed by atoms with E-state index in [1.807, 2.05) is 83.1 Å². The fourth-order valence-electron chi connectivity index (χ4n) is 7.18. The average Bonchev–Trinajstić information content (AvgIpc) is 3.34. The van der Waals surface area contributed by atoms with E-state index in [0.717, 1.165) is 66.8 Å². The Hall–Kier alpha value is -10.1. The molecule has 6 rings (SSSR count). The van der Waals surface area contributed by atoms with Crippen molar-refractivity contribution in [1.29, 1.82) is 31.6 Å². The van der Waals surface area contributed by atoms with Crippen molar-refractivity contribution in [3.8, 4) is 36.4 Å². The average molecular weight is 1030 g/mol. The molecule has 0 atom stereocenters. The van der Waals surface area contributed by atoms with Gasteiger partial charge in [0, 0.05) is 21.1 Å². The summed E-state index contributed by atoms with van der Waals surface area (Å²) in [5.74, 6) is 0. The molecule has 0 fully saturated rings. The van der Waals surface area contributed by atoms with Gasteiger partial charge in [0.05, 0.1) is 109 Å². The van der Waals surface area contributed by atoms with Gasteiger partial charge in [0.2, 0.25) is 0 Å². The van der Waals surface area contributed by atoms with Crippen molar-refractivity contribution in [1.82, 2.24) is 0 Å². The van der Waals surface area contributed by atoms with Gasteiger partial charge in [0.15, 0.2) is 34.1 Å². The van der Waals surface area contributed by atoms with Crippen molar-refractivity contribution >= 4 is 34.1 Å². The molecule has 0 spiro atoms. The fraction of sp³-hybridized carbons (Fsp3) is 0.200. The number of aryl methyl sites for hydroxylation is 12. The zero-order chi connectivity index (χ0) is 54.8. The number of nitrogens with zero attached hydrogens (tertiary/aromatic N) is 12. The van der Waals surface area contributed by atoms with Gasteiger partial charge in [-0.2, -0.15) is 31.6 Å². The van der Waals surface area contributed by atoms with Crippen LogP contribution in [0.3, 0.4) is 0 Å². The van der Waals surface area contributed by atoms with Gasteiger partial charge in [-0.05, 0) is 150 Å². The molecule has 0 aliphatic heterocycles. The van der Waals surface area contributed by atoms with Crippen LogP contribution >= 0.6 is 0 Å². The van der Waals surface area contributed by atoms with E-state index in [1.54, 1.807) is 72.8 Å². The third-order valence-electron chi connectivity index (χ3n) is 10.4. The van der Waals surface area contributed by atoms with Gasteiger partial charge in [-0.1, -0.05) is 72.8 Å². The second-order valence-electron chi connectivity index (χ2n) is 16.1. The molecule has 13 heteroatoms. The van der Waals surface area contributed by atoms with E-state index in [4.69, 9.17) is 71.0 Å². The van der Waals surface area contributed by atoms with E-state index in [1.165, 1.54) is 0 Å². The molecule has 73 heavy (non-hydrogen) atoms. The minimum Gasteiger partial charge on any atom is -0.238 e. The largest absolute Gasteiger partial charge is 0.238 e. The Balaban J connectivity index is 0.000000850. The van der Waals surface area contributed by atoms with Gasteiger partial charge in [-0.3, -0.25) is 0 Å². The van der Waals surface area contributed by atoms with Gasteiger partial charge < -0.3 is 0 Å². The second kappa shape index (κ2) is 31.1. The number of rotatable bonds is 0. The predicted molar refractivity (Wildman–Crippen MR) is 281 cm³/mol. The molecule has 0 unspecified atom stereocenters. The van der Waals surface area contributed by atoms with Gasteiger partial charge in [-0.15, -0.1) is 0 Å². The molecule has 0 heterocycles. The quantitative estimate of drug-likeness (QED) is 0.108. The SMILES string of the molecule is [C-]#[N+]c1c(C)cc(C#N)cc1C.[C-]#[N+]c1c(C)cc(C#N)cc1C.[C-]#[N+]c1c(C)cc(C#N)cc1C.[C-]#[N+]c1c(C)cc(C#N)cc1C.[C-]#[N+]c1c(C)cc(C#N)cc1C.[C-]#[N+]c1c(C)cc(C#N)cc1C.[Mo]. The van der Waals surface area contributed by atoms with Crippen LogP contribution < -0.4 is 0 Å². The van der Waals surface area contributed by atoms with Crippen LogP contribution in [0.4, 0.5) is 34.1 Å². The number of benzene rings is 6. The summed E-state index contributed by atoms with van der Waals surface area (Å²) in [5, 5.41) is 51.7. The maximum atomic E-state index is 8.62. The summed E-state index contributed by atoms with van der Waals surface area (Å²) in [4.78, 5) is 20.3. The summed E-state index contributed by atoms with van der Waals surface area (Å²) in [7, 11) is 0. The summed E-state index contributed by atoms with van der Waals surface area (Å²) >= 11 is 0. The Morgan fingerprint density at radius 3 is 0.370 bits per heavy atom. The molecule has 0 amide bonds. The first-order chi connectivity index (χ1) is 34.1. The van der Waals surface area contributed by atoms with Crippen molar-refractivity contribution in [2.75, 3.05) is 0 Å². The molecule has 0 aliphatic carbocycles. The molecule has 0 radical (unpaired) electrons. The van der Waals surface area contributed by atoms with Crippen molar-refractivity contribution in [3.05, 3.63) is 241 Å². The minimum absolute atomic E-state index is 0. The maximum Gasteiger partial charge on any atom is 0.193 e. The van der Waals surface area contributed by atoms with E-state index >= 15 is 0 Å². The number of nitriles is 6. The molecular formula is C60H48MoN12. The van der Waals surface area contributed by atoms with E-state index in [9.17, 15) is 0 Å². The van der Waals surface area contributed by atoms with E-state index in [0.29, 0.717) is 67.5 Å². The zero-order valence-electron chi connectivity index (χ0n) is 42.7. The Kier molecular flexibility index (Phi) is 26.8. The van der Waals surface area contributed by atoms with Gasteiger partial charge in [0.25, 0.3) is 0 Å². The molecule has 0 aromatic heterocycles. The molecule has 0 saturated carbocycles. The van der Waals surface area contributed by atoms with Crippen molar-refractivity contribution < 1.29 is 21.1 Å². The third kappa shape index (κ3) is 18.4. The predicted octanol–water partition coefficient (Wildman–Crippen LogP) is 16.4. The zero-order valence-corrected chi connectivity index (χ0v) is 44.7. The van der Waals surface area contributed by atoms with Crippen LogP contribution in [0.2, 0.25) is 0 Å². The van der Waals surface area contributed by atoms with Crippen LogP contribution in [0, 0.1) is 191 Å². The molecule has 0 saturated heterocycles. The molecule has 0 bridgehead atoms. The molecular weight excluding hydrogens is 985 g/mol. The number of hydrogen-bond donors (Lipinski definition) is 0. The monoisotopic (exact) mass is 1030 g/mol. The van der Waals surface area contributed by atoms with Gasteiger partial charge in [-0.25, -0.2) is 29.1 Å². The Bertz CT molecular complexity index is 2830. The minimum atomic E-state index is 0. The van der Waals surface area contributed by atoms with Crippen molar-refractivity contribution in [2.24, 2.45) is 0 Å². The standard InChI is InChI=1S/6C10H8N2.Mo/c6*1-7-4-9(6-11)5-8(2)10(7)12-3;/h6*4-5H,1-2H3;. The summed E-state index contributed by atoms with van der Waals surface area (Å²) in [6, 6.07) is 33.2. The van der Waals surface area contributed by atoms with E-state index in [2.05, 4.69) is 65.5 Å². The fourth-order valence-corrected chi connectivity index (χ4v) is 7.18. The van der Waals surface area contributed by atoms with Gasteiger partial charge in [0.1, 0.15) is 0 Å². The van der Waals surface area contributed by atoms with Gasteiger partial charge >= 0.3 is 0 Å². The number of hydrogen-bond acceptors (Lipinski definition) is 6. The molecule has 354 valence electrons. The first-order valence-electron chi connectivity index (χ1n) is 21.5. The summed E-state index contributed by atoms with van der Waals surface area (Å²) < 4.78 is 0. The first-order valence-corrected chi connectivity index (χ1v) is 21.5. The van der Waals surface area contributed by atoms with Crippen LogP contribution in [0.15, 0.2) is 72.8 Å². The molecule has 6 aromatic carbocycles. The van der Waals surface area contributed by atoms with E-state index in [-0.39, 0.29) is 21.1 Å². The normalized spacial score (nSPS) is 8.55. The molecule has 12 nitrogen and oxygen atoms in total. The van der Waals surface area contributed by atoms with Crippen LogP contribution in [0.1, 0.15) is 100 Å². The maximum absolute atomic E-state index is 8.62. The summed E-state index contributed by atoms with van der Waals surface area (Å²) in [5.41, 5.74) is 18.2. The summed E-state index contributed by atoms with van der Waals surface area (Å²) in [6.45, 7) is 63.6.